The van der Waals surface area contributed by atoms with Gasteiger partial charge in [0.05, 0.1) is 18.6 Å². The number of hydrogen-bond donors (Lipinski definition) is 2. The van der Waals surface area contributed by atoms with Gasteiger partial charge in [-0.1, -0.05) is 29.8 Å². The Labute approximate surface area is 207 Å². The van der Waals surface area contributed by atoms with E-state index in [9.17, 15) is 19.2 Å². The number of rotatable bonds is 10. The van der Waals surface area contributed by atoms with Crippen molar-refractivity contribution in [2.45, 2.75) is 40.5 Å². The lowest BCUT2D eigenvalue weighted by atomic mass is 10.1. The van der Waals surface area contributed by atoms with Crippen LogP contribution in [0.2, 0.25) is 0 Å². The van der Waals surface area contributed by atoms with Crippen LogP contribution in [0.4, 0.5) is 11.4 Å². The average Bonchev–Trinajstić information content (AvgIpc) is 2.78. The topological polar surface area (TPSA) is 111 Å². The summed E-state index contributed by atoms with van der Waals surface area (Å²) in [7, 11) is 0. The fourth-order valence-electron chi connectivity index (χ4n) is 2.89. The SMILES string of the molecule is Cc1cc(NC(=O)COC(=O)CCC(=O)Nc2ccc(C(=O)OCC(C)C)cc2)cc(C)c1Br. The summed E-state index contributed by atoms with van der Waals surface area (Å²) in [6, 6.07) is 9.89. The first-order valence-corrected chi connectivity index (χ1v) is 11.6. The molecule has 0 atom stereocenters. The Balaban J connectivity index is 1.72. The maximum Gasteiger partial charge on any atom is 0.338 e. The molecule has 8 nitrogen and oxygen atoms in total. The van der Waals surface area contributed by atoms with Gasteiger partial charge in [-0.05, 0) is 67.3 Å². The fraction of sp³-hybridized carbons (Fsp3) is 0.360. The number of esters is 2. The summed E-state index contributed by atoms with van der Waals surface area (Å²) in [5, 5.41) is 5.32. The molecule has 2 rings (SSSR count). The monoisotopic (exact) mass is 532 g/mol. The fourth-order valence-corrected chi connectivity index (χ4v) is 3.12. The van der Waals surface area contributed by atoms with Gasteiger partial charge in [-0.3, -0.25) is 14.4 Å². The first kappa shape index (κ1) is 27.0. The van der Waals surface area contributed by atoms with Crippen molar-refractivity contribution in [1.82, 2.24) is 0 Å². The molecule has 0 fully saturated rings. The summed E-state index contributed by atoms with van der Waals surface area (Å²) in [5.74, 6) is -1.70. The predicted octanol–water partition coefficient (Wildman–Crippen LogP) is 4.78. The van der Waals surface area contributed by atoms with Gasteiger partial charge in [-0.25, -0.2) is 4.79 Å². The third-order valence-corrected chi connectivity index (χ3v) is 5.84. The molecule has 2 amide bonds. The number of benzene rings is 2. The van der Waals surface area contributed by atoms with Crippen LogP contribution in [-0.2, 0) is 23.9 Å². The van der Waals surface area contributed by atoms with Crippen molar-refractivity contribution in [1.29, 1.82) is 0 Å². The number of aryl methyl sites for hydroxylation is 2. The highest BCUT2D eigenvalue weighted by Gasteiger charge is 2.13. The molecule has 9 heteroatoms. The van der Waals surface area contributed by atoms with Gasteiger partial charge < -0.3 is 20.1 Å². The molecule has 2 aromatic rings. The second-order valence-electron chi connectivity index (χ2n) is 8.25. The van der Waals surface area contributed by atoms with Crippen LogP contribution < -0.4 is 10.6 Å². The Hall–Kier alpha value is -3.20. The first-order valence-electron chi connectivity index (χ1n) is 10.8. The van der Waals surface area contributed by atoms with Crippen molar-refractivity contribution >= 4 is 51.1 Å². The molecule has 0 aromatic heterocycles. The number of hydrogen-bond acceptors (Lipinski definition) is 6. The first-order chi connectivity index (χ1) is 16.0. The number of nitrogens with one attached hydrogen (secondary N) is 2. The zero-order valence-corrected chi connectivity index (χ0v) is 21.3. The van der Waals surface area contributed by atoms with Crippen LogP contribution in [0.5, 0.6) is 0 Å². The summed E-state index contributed by atoms with van der Waals surface area (Å²) in [5.41, 5.74) is 3.42. The van der Waals surface area contributed by atoms with Crippen LogP contribution in [0.3, 0.4) is 0 Å². The van der Waals surface area contributed by atoms with Gasteiger partial charge in [0, 0.05) is 22.3 Å². The second-order valence-corrected chi connectivity index (χ2v) is 9.04. The number of halogens is 1. The number of anilines is 2. The van der Waals surface area contributed by atoms with Crippen molar-refractivity contribution in [3.8, 4) is 0 Å². The quantitative estimate of drug-likeness (QED) is 0.426. The molecule has 0 aliphatic rings. The highest BCUT2D eigenvalue weighted by molar-refractivity contribution is 9.10. The second kappa shape index (κ2) is 12.9. The summed E-state index contributed by atoms with van der Waals surface area (Å²) >= 11 is 3.46. The van der Waals surface area contributed by atoms with Crippen molar-refractivity contribution < 1.29 is 28.7 Å². The van der Waals surface area contributed by atoms with E-state index in [0.717, 1.165) is 15.6 Å². The Bertz CT molecular complexity index is 1030. The standard InChI is InChI=1S/C25H29BrN2O6/c1-15(2)13-34-25(32)18-5-7-19(8-6-18)27-21(29)9-10-23(31)33-14-22(30)28-20-11-16(3)24(26)17(4)12-20/h5-8,11-12,15H,9-10,13-14H2,1-4H3,(H,27,29)(H,28,30). The molecule has 34 heavy (non-hydrogen) atoms. The molecule has 0 saturated carbocycles. The van der Waals surface area contributed by atoms with E-state index in [1.165, 1.54) is 0 Å². The molecule has 0 saturated heterocycles. The summed E-state index contributed by atoms with van der Waals surface area (Å²) < 4.78 is 11.1. The van der Waals surface area contributed by atoms with E-state index in [4.69, 9.17) is 9.47 Å². The third-order valence-electron chi connectivity index (χ3n) is 4.59. The molecular weight excluding hydrogens is 504 g/mol. The normalized spacial score (nSPS) is 10.5. The van der Waals surface area contributed by atoms with E-state index in [2.05, 4.69) is 26.6 Å². The lowest BCUT2D eigenvalue weighted by molar-refractivity contribution is -0.147. The molecule has 0 heterocycles. The van der Waals surface area contributed by atoms with Gasteiger partial charge in [0.15, 0.2) is 6.61 Å². The maximum absolute atomic E-state index is 12.1. The van der Waals surface area contributed by atoms with Gasteiger partial charge in [-0.15, -0.1) is 0 Å². The minimum absolute atomic E-state index is 0.107. The van der Waals surface area contributed by atoms with Crippen LogP contribution >= 0.6 is 15.9 Å². The van der Waals surface area contributed by atoms with Crippen LogP contribution in [-0.4, -0.2) is 37.0 Å². The lowest BCUT2D eigenvalue weighted by Crippen LogP contribution is -2.22. The Morgan fingerprint density at radius 2 is 1.44 bits per heavy atom. The van der Waals surface area contributed by atoms with Crippen molar-refractivity contribution in [3.05, 3.63) is 57.6 Å². The highest BCUT2D eigenvalue weighted by atomic mass is 79.9. The average molecular weight is 533 g/mol. The number of carbonyl (C=O) groups is 4. The number of ether oxygens (including phenoxy) is 2. The van der Waals surface area contributed by atoms with Crippen molar-refractivity contribution in [2.24, 2.45) is 5.92 Å². The molecule has 0 aliphatic carbocycles. The highest BCUT2D eigenvalue weighted by Crippen LogP contribution is 2.25. The van der Waals surface area contributed by atoms with Gasteiger partial charge in [0.25, 0.3) is 5.91 Å². The maximum atomic E-state index is 12.1. The molecule has 0 bridgehead atoms. The van der Waals surface area contributed by atoms with Crippen LogP contribution in [0.25, 0.3) is 0 Å². The van der Waals surface area contributed by atoms with Crippen molar-refractivity contribution in [2.75, 3.05) is 23.8 Å². The Morgan fingerprint density at radius 1 is 0.853 bits per heavy atom. The minimum atomic E-state index is -0.656. The molecule has 2 N–H and O–H groups in total. The Morgan fingerprint density at radius 3 is 2.03 bits per heavy atom. The third kappa shape index (κ3) is 8.97. The predicted molar refractivity (Wildman–Crippen MR) is 133 cm³/mol. The van der Waals surface area contributed by atoms with Crippen LogP contribution in [0.1, 0.15) is 48.2 Å². The van der Waals surface area contributed by atoms with E-state index in [-0.39, 0.29) is 18.8 Å². The largest absolute Gasteiger partial charge is 0.462 e. The molecule has 182 valence electrons. The number of carbonyl (C=O) groups excluding carboxylic acids is 4. The summed E-state index contributed by atoms with van der Waals surface area (Å²) in [6.07, 6.45) is -0.279. The molecule has 0 unspecified atom stereocenters. The molecule has 0 spiro atoms. The molecule has 0 aliphatic heterocycles. The zero-order valence-electron chi connectivity index (χ0n) is 19.7. The van der Waals surface area contributed by atoms with Crippen LogP contribution in [0, 0.1) is 19.8 Å². The molecular formula is C25H29BrN2O6. The van der Waals surface area contributed by atoms with Crippen molar-refractivity contribution in [3.63, 3.8) is 0 Å². The minimum Gasteiger partial charge on any atom is -0.462 e. The van der Waals surface area contributed by atoms with E-state index in [0.29, 0.717) is 23.5 Å². The smallest absolute Gasteiger partial charge is 0.338 e. The van der Waals surface area contributed by atoms with E-state index < -0.39 is 30.4 Å². The Kier molecular flexibility index (Phi) is 10.2. The number of amides is 2. The van der Waals surface area contributed by atoms with Gasteiger partial charge in [-0.2, -0.15) is 0 Å². The molecule has 0 radical (unpaired) electrons. The van der Waals surface area contributed by atoms with Crippen LogP contribution in [0.15, 0.2) is 40.9 Å². The summed E-state index contributed by atoms with van der Waals surface area (Å²) in [4.78, 5) is 48.0. The summed E-state index contributed by atoms with van der Waals surface area (Å²) in [6.45, 7) is 7.60. The van der Waals surface area contributed by atoms with Gasteiger partial charge in [0.1, 0.15) is 0 Å². The van der Waals surface area contributed by atoms with Gasteiger partial charge in [0.2, 0.25) is 5.91 Å². The van der Waals surface area contributed by atoms with E-state index in [1.54, 1.807) is 24.3 Å². The zero-order chi connectivity index (χ0) is 25.3. The van der Waals surface area contributed by atoms with Gasteiger partial charge >= 0.3 is 11.9 Å². The van der Waals surface area contributed by atoms with E-state index in [1.807, 2.05) is 39.8 Å². The van der Waals surface area contributed by atoms with E-state index >= 15 is 0 Å². The lowest BCUT2D eigenvalue weighted by Gasteiger charge is -2.10. The molecule has 2 aromatic carbocycles.